The Morgan fingerprint density at radius 2 is 0.618 bits per heavy atom. The Kier molecular flexibility index (Phi) is 22.7. The van der Waals surface area contributed by atoms with Crippen LogP contribution in [0, 0.1) is 0 Å². The lowest BCUT2D eigenvalue weighted by Crippen LogP contribution is -2.65. The van der Waals surface area contributed by atoms with Crippen LogP contribution in [0.25, 0.3) is 11.1 Å². The van der Waals surface area contributed by atoms with E-state index in [-0.39, 0.29) is 45.6 Å². The number of hydrogen-bond donors (Lipinski definition) is 2. The van der Waals surface area contributed by atoms with E-state index in [1.54, 1.807) is 103 Å². The van der Waals surface area contributed by atoms with Gasteiger partial charge in [-0.1, -0.05) is 176 Å². The maximum absolute atomic E-state index is 14.7. The number of fused-ring (bicyclic) bond motifs is 3. The smallest absolute Gasteiger partial charge is 0.407 e. The van der Waals surface area contributed by atoms with Crippen molar-refractivity contribution in [2.24, 2.45) is 0 Å². The molecule has 2 fully saturated rings. The average molecular weight is 1380 g/mol. The van der Waals surface area contributed by atoms with Crippen molar-refractivity contribution in [1.82, 2.24) is 5.32 Å². The first kappa shape index (κ1) is 69.7. The van der Waals surface area contributed by atoms with E-state index >= 15 is 0 Å². The van der Waals surface area contributed by atoms with Gasteiger partial charge in [0.15, 0.2) is 55.2 Å². The highest BCUT2D eigenvalue weighted by Gasteiger charge is 2.57. The molecule has 0 aromatic heterocycles. The average Bonchev–Trinajstić information content (AvgIpc) is 1.32. The fourth-order valence-corrected chi connectivity index (χ4v) is 11.8. The number of rotatable bonds is 25. The molecule has 102 heavy (non-hydrogen) atoms. The summed E-state index contributed by atoms with van der Waals surface area (Å²) in [6, 6.07) is 66.6. The van der Waals surface area contributed by atoms with Crippen molar-refractivity contribution in [3.05, 3.63) is 311 Å². The van der Waals surface area contributed by atoms with Crippen LogP contribution in [0.1, 0.15) is 89.6 Å². The number of esters is 7. The lowest BCUT2D eigenvalue weighted by molar-refractivity contribution is -0.328. The van der Waals surface area contributed by atoms with E-state index in [0.717, 1.165) is 22.3 Å². The Balaban J connectivity index is 0.933. The number of carbonyl (C=O) groups is 9. The second kappa shape index (κ2) is 33.1. The Labute approximate surface area is 583 Å². The second-order valence-corrected chi connectivity index (χ2v) is 23.5. The van der Waals surface area contributed by atoms with Crippen LogP contribution in [0.3, 0.4) is 0 Å². The van der Waals surface area contributed by atoms with E-state index in [1.165, 1.54) is 109 Å². The summed E-state index contributed by atoms with van der Waals surface area (Å²) in [5.74, 6) is -9.18. The zero-order valence-corrected chi connectivity index (χ0v) is 54.1. The molecule has 2 saturated heterocycles. The minimum Gasteiger partial charge on any atom is -0.480 e. The molecule has 2 aliphatic heterocycles. The maximum Gasteiger partial charge on any atom is 0.407 e. The summed E-state index contributed by atoms with van der Waals surface area (Å²) in [5, 5.41) is 13.1. The van der Waals surface area contributed by atoms with Gasteiger partial charge in [0.1, 0.15) is 25.4 Å². The fraction of sp³-hybridized carbons (Fsp3) is 0.203. The standard InChI is InChI=1S/C79H65NO22/c81-69(82)60(80-79(90)94-44-59-57-42-24-22-40-55(57)56-41-23-25-43-58(56)59)45-92-77-67(101-75(88)53-36-18-6-19-37-53)66(100-74(87)52-34-16-5-17-35-52)64(98-72(85)50-30-12-3-13-31-50)62(96-77)47-93-78-68(102-76(89)54-38-20-7-21-39-54)65(99-73(86)51-32-14-4-15-33-51)63(97-71(84)49-28-10-2-11-29-49)61(95-78)46-91-70(83)48-26-8-1-9-27-48/h1-43,59-68,77-78H,44-47H2,(H,80,90)(H,81,82)/t60-,61+,62+,63+,64+,65-,66-,67-,68-,77-,78-/m0/s1. The highest BCUT2D eigenvalue weighted by Crippen LogP contribution is 2.45. The minimum absolute atomic E-state index is 0.0159. The first-order chi connectivity index (χ1) is 49.7. The number of aliphatic carboxylic acids is 1. The van der Waals surface area contributed by atoms with Gasteiger partial charge in [0, 0.05) is 5.92 Å². The third-order valence-corrected chi connectivity index (χ3v) is 16.9. The molecule has 2 N–H and O–H groups in total. The number of carboxylic acids is 1. The monoisotopic (exact) mass is 1380 g/mol. The third-order valence-electron chi connectivity index (χ3n) is 16.9. The van der Waals surface area contributed by atoms with Crippen molar-refractivity contribution >= 4 is 53.8 Å². The molecule has 0 spiro atoms. The van der Waals surface area contributed by atoms with Gasteiger partial charge in [0.25, 0.3) is 0 Å². The summed E-state index contributed by atoms with van der Waals surface area (Å²) in [7, 11) is 0. The highest BCUT2D eigenvalue weighted by atomic mass is 16.8. The molecule has 3 aliphatic rings. The van der Waals surface area contributed by atoms with Gasteiger partial charge in [0.2, 0.25) is 0 Å². The zero-order valence-electron chi connectivity index (χ0n) is 54.1. The van der Waals surface area contributed by atoms with Gasteiger partial charge in [-0.05, 0) is 107 Å². The summed E-state index contributed by atoms with van der Waals surface area (Å²) >= 11 is 0. The van der Waals surface area contributed by atoms with Crippen LogP contribution < -0.4 is 5.32 Å². The van der Waals surface area contributed by atoms with E-state index in [4.69, 9.17) is 56.8 Å². The van der Waals surface area contributed by atoms with Gasteiger partial charge >= 0.3 is 53.8 Å². The Morgan fingerprint density at radius 3 is 0.971 bits per heavy atom. The molecule has 2 heterocycles. The molecule has 9 aromatic rings. The van der Waals surface area contributed by atoms with Crippen LogP contribution in [0.15, 0.2) is 261 Å². The number of amides is 1. The number of ether oxygens (including phenoxy) is 12. The molecule has 11 atom stereocenters. The van der Waals surface area contributed by atoms with Gasteiger partial charge in [-0.25, -0.2) is 43.2 Å². The van der Waals surface area contributed by atoms with Gasteiger partial charge < -0.3 is 67.3 Å². The summed E-state index contributed by atoms with van der Waals surface area (Å²) in [6.07, 6.45) is -20.6. The van der Waals surface area contributed by atoms with Gasteiger partial charge in [0.05, 0.1) is 52.2 Å². The SMILES string of the molecule is O=C(N[C@@H](CO[C@H]1O[C@H](CO[C@H]2O[C@H](COC(=O)c3ccccc3)[C@@H](OC(=O)c3ccccc3)[C@H](OC(=O)c3ccccc3)[C@@H]2OC(=O)c2ccccc2)[C@@H](OC(=O)c2ccccc2)[C@H](OC(=O)c2ccccc2)[C@@H]1OC(=O)c1ccccc1)C(=O)O)OCC1c2ccccc2-c2ccccc21. The molecular formula is C79H65NO22. The molecule has 1 aliphatic carbocycles. The molecule has 1 amide bonds. The molecule has 518 valence electrons. The van der Waals surface area contributed by atoms with E-state index in [1.807, 2.05) is 48.5 Å². The number of nitrogens with one attached hydrogen (secondary N) is 1. The number of carbonyl (C=O) groups excluding carboxylic acids is 8. The molecule has 23 heteroatoms. The second-order valence-electron chi connectivity index (χ2n) is 23.5. The Bertz CT molecular complexity index is 4360. The van der Waals surface area contributed by atoms with Crippen LogP contribution in [0.4, 0.5) is 4.79 Å². The lowest BCUT2D eigenvalue weighted by atomic mass is 9.96. The molecule has 0 unspecified atom stereocenters. The van der Waals surface area contributed by atoms with Crippen molar-refractivity contribution in [3.8, 4) is 11.1 Å². The molecule has 23 nitrogen and oxygen atoms in total. The predicted octanol–water partition coefficient (Wildman–Crippen LogP) is 10.7. The third kappa shape index (κ3) is 16.9. The molecule has 0 saturated carbocycles. The lowest BCUT2D eigenvalue weighted by Gasteiger charge is -2.46. The summed E-state index contributed by atoms with van der Waals surface area (Å²) in [6.45, 7) is -2.91. The topological polar surface area (TPSA) is 297 Å². The summed E-state index contributed by atoms with van der Waals surface area (Å²) in [5.41, 5.74) is 3.57. The van der Waals surface area contributed by atoms with E-state index in [0.29, 0.717) is 0 Å². The van der Waals surface area contributed by atoms with E-state index in [2.05, 4.69) is 5.32 Å². The number of carboxylic acid groups (broad SMARTS) is 1. The van der Waals surface area contributed by atoms with Gasteiger partial charge in [-0.3, -0.25) is 0 Å². The van der Waals surface area contributed by atoms with E-state index in [9.17, 15) is 48.3 Å². The number of alkyl carbamates (subject to hydrolysis) is 1. The number of benzene rings is 9. The van der Waals surface area contributed by atoms with Crippen LogP contribution in [0.2, 0.25) is 0 Å². The van der Waals surface area contributed by atoms with Crippen molar-refractivity contribution in [2.45, 2.75) is 73.4 Å². The Hall–Kier alpha value is -12.2. The number of hydrogen-bond acceptors (Lipinski definition) is 21. The zero-order chi connectivity index (χ0) is 70.9. The molecule has 0 radical (unpaired) electrons. The van der Waals surface area contributed by atoms with Crippen LogP contribution in [-0.2, 0) is 61.6 Å². The largest absolute Gasteiger partial charge is 0.480 e. The van der Waals surface area contributed by atoms with Gasteiger partial charge in [-0.2, -0.15) is 0 Å². The normalized spacial score (nSPS) is 20.6. The molecular weight excluding hydrogens is 1310 g/mol. The fourth-order valence-electron chi connectivity index (χ4n) is 11.8. The van der Waals surface area contributed by atoms with Gasteiger partial charge in [-0.15, -0.1) is 0 Å². The quantitative estimate of drug-likeness (QED) is 0.0397. The van der Waals surface area contributed by atoms with Crippen LogP contribution >= 0.6 is 0 Å². The Morgan fingerprint density at radius 1 is 0.324 bits per heavy atom. The van der Waals surface area contributed by atoms with Crippen LogP contribution in [-0.4, -0.2) is 153 Å². The minimum atomic E-state index is -2.08. The maximum atomic E-state index is 14.7. The van der Waals surface area contributed by atoms with E-state index < -0.39 is 147 Å². The highest BCUT2D eigenvalue weighted by molar-refractivity contribution is 5.93. The summed E-state index contributed by atoms with van der Waals surface area (Å²) < 4.78 is 75.7. The summed E-state index contributed by atoms with van der Waals surface area (Å²) in [4.78, 5) is 129. The van der Waals surface area contributed by atoms with Crippen molar-refractivity contribution in [2.75, 3.05) is 26.4 Å². The molecule has 12 rings (SSSR count). The van der Waals surface area contributed by atoms with Crippen molar-refractivity contribution in [1.29, 1.82) is 0 Å². The predicted molar refractivity (Wildman–Crippen MR) is 359 cm³/mol. The molecule has 0 bridgehead atoms. The van der Waals surface area contributed by atoms with Crippen molar-refractivity contribution < 1.29 is 105 Å². The molecule has 9 aromatic carbocycles. The first-order valence-corrected chi connectivity index (χ1v) is 32.4. The first-order valence-electron chi connectivity index (χ1n) is 32.4. The van der Waals surface area contributed by atoms with Crippen LogP contribution in [0.5, 0.6) is 0 Å². The van der Waals surface area contributed by atoms with Crippen molar-refractivity contribution in [3.63, 3.8) is 0 Å².